The summed E-state index contributed by atoms with van der Waals surface area (Å²) >= 11 is 2.80. The standard InChI is InChI=1S/C9H6BrF6N/c10-6-1-5(9(14,15)16)2-7(3-6)17-4-8(11,12)13/h1-3,17H,4H2. The summed E-state index contributed by atoms with van der Waals surface area (Å²) in [4.78, 5) is 0. The minimum absolute atomic E-state index is 0.0528. The van der Waals surface area contributed by atoms with Crippen LogP contribution >= 0.6 is 15.9 Å². The monoisotopic (exact) mass is 321 g/mol. The van der Waals surface area contributed by atoms with E-state index in [1.165, 1.54) is 0 Å². The van der Waals surface area contributed by atoms with Crippen molar-refractivity contribution in [2.24, 2.45) is 0 Å². The van der Waals surface area contributed by atoms with Gasteiger partial charge in [-0.15, -0.1) is 0 Å². The molecular formula is C9H6BrF6N. The van der Waals surface area contributed by atoms with Crippen LogP contribution in [0.15, 0.2) is 22.7 Å². The maximum absolute atomic E-state index is 12.4. The average molecular weight is 322 g/mol. The number of nitrogens with one attached hydrogen (secondary N) is 1. The molecule has 0 fully saturated rings. The molecule has 1 nitrogen and oxygen atoms in total. The molecule has 1 rings (SSSR count). The summed E-state index contributed by atoms with van der Waals surface area (Å²) in [5.74, 6) is 0. The molecule has 1 aromatic carbocycles. The van der Waals surface area contributed by atoms with Gasteiger partial charge in [0.25, 0.3) is 0 Å². The van der Waals surface area contributed by atoms with Gasteiger partial charge in [0.05, 0.1) is 5.56 Å². The Bertz CT molecular complexity index is 397. The number of benzene rings is 1. The molecule has 0 unspecified atom stereocenters. The summed E-state index contributed by atoms with van der Waals surface area (Å²) in [6, 6.07) is 2.55. The Morgan fingerprint density at radius 1 is 1.00 bits per heavy atom. The summed E-state index contributed by atoms with van der Waals surface area (Å²) < 4.78 is 72.7. The molecule has 8 heteroatoms. The van der Waals surface area contributed by atoms with Crippen molar-refractivity contribution in [1.29, 1.82) is 0 Å². The smallest absolute Gasteiger partial charge is 0.376 e. The molecule has 0 aromatic heterocycles. The van der Waals surface area contributed by atoms with E-state index >= 15 is 0 Å². The zero-order chi connectivity index (χ0) is 13.3. The van der Waals surface area contributed by atoms with Crippen molar-refractivity contribution < 1.29 is 26.3 Å². The van der Waals surface area contributed by atoms with E-state index in [9.17, 15) is 26.3 Å². The number of hydrogen-bond donors (Lipinski definition) is 1. The SMILES string of the molecule is FC(F)(F)CNc1cc(Br)cc(C(F)(F)F)c1. The van der Waals surface area contributed by atoms with Crippen molar-refractivity contribution in [2.75, 3.05) is 11.9 Å². The number of anilines is 1. The van der Waals surface area contributed by atoms with Gasteiger partial charge in [-0.3, -0.25) is 0 Å². The molecule has 1 aromatic rings. The number of halogens is 7. The van der Waals surface area contributed by atoms with E-state index in [1.807, 2.05) is 5.32 Å². The quantitative estimate of drug-likeness (QED) is 0.794. The van der Waals surface area contributed by atoms with Crippen LogP contribution in [0.5, 0.6) is 0 Å². The predicted octanol–water partition coefficient (Wildman–Crippen LogP) is 4.44. The highest BCUT2D eigenvalue weighted by Crippen LogP contribution is 2.33. The van der Waals surface area contributed by atoms with E-state index in [2.05, 4.69) is 15.9 Å². The van der Waals surface area contributed by atoms with Gasteiger partial charge in [0.1, 0.15) is 6.54 Å². The third kappa shape index (κ3) is 4.84. The molecule has 0 aliphatic heterocycles. The van der Waals surface area contributed by atoms with Crippen molar-refractivity contribution in [1.82, 2.24) is 0 Å². The van der Waals surface area contributed by atoms with Gasteiger partial charge in [0.15, 0.2) is 0 Å². The van der Waals surface area contributed by atoms with Crippen LogP contribution in [0.1, 0.15) is 5.56 Å². The van der Waals surface area contributed by atoms with E-state index in [-0.39, 0.29) is 10.2 Å². The van der Waals surface area contributed by atoms with Crippen molar-refractivity contribution in [3.8, 4) is 0 Å². The maximum atomic E-state index is 12.4. The first-order valence-corrected chi connectivity index (χ1v) is 5.06. The molecule has 96 valence electrons. The van der Waals surface area contributed by atoms with Crippen LogP contribution in [0, 0.1) is 0 Å². The molecule has 0 aliphatic rings. The molecule has 0 aliphatic carbocycles. The van der Waals surface area contributed by atoms with E-state index in [1.54, 1.807) is 0 Å². The summed E-state index contributed by atoms with van der Waals surface area (Å²) in [7, 11) is 0. The Hall–Kier alpha value is -0.920. The number of rotatable bonds is 2. The van der Waals surface area contributed by atoms with Gasteiger partial charge in [-0.05, 0) is 18.2 Å². The average Bonchev–Trinajstić information content (AvgIpc) is 2.11. The molecule has 0 atom stereocenters. The Morgan fingerprint density at radius 2 is 1.59 bits per heavy atom. The summed E-state index contributed by atoms with van der Waals surface area (Å²) in [6.45, 7) is -1.39. The van der Waals surface area contributed by atoms with Crippen LogP contribution in [-0.2, 0) is 6.18 Å². The summed E-state index contributed by atoms with van der Waals surface area (Å²) in [5, 5.41) is 1.88. The van der Waals surface area contributed by atoms with Crippen LogP contribution in [0.2, 0.25) is 0 Å². The van der Waals surface area contributed by atoms with E-state index in [4.69, 9.17) is 0 Å². The first-order valence-electron chi connectivity index (χ1n) is 4.26. The summed E-state index contributed by atoms with van der Waals surface area (Å²) in [5.41, 5.74) is -1.26. The van der Waals surface area contributed by atoms with Gasteiger partial charge in [0.2, 0.25) is 0 Å². The van der Waals surface area contributed by atoms with Gasteiger partial charge in [-0.1, -0.05) is 15.9 Å². The van der Waals surface area contributed by atoms with Gasteiger partial charge >= 0.3 is 12.4 Å². The van der Waals surface area contributed by atoms with E-state index < -0.39 is 24.5 Å². The molecule has 0 spiro atoms. The van der Waals surface area contributed by atoms with Gasteiger partial charge in [-0.2, -0.15) is 26.3 Å². The van der Waals surface area contributed by atoms with Crippen LogP contribution in [-0.4, -0.2) is 12.7 Å². The maximum Gasteiger partial charge on any atom is 0.416 e. The lowest BCUT2D eigenvalue weighted by Gasteiger charge is -2.13. The fraction of sp³-hybridized carbons (Fsp3) is 0.333. The molecule has 0 amide bonds. The Balaban J connectivity index is 2.91. The van der Waals surface area contributed by atoms with Crippen LogP contribution in [0.4, 0.5) is 32.0 Å². The molecular weight excluding hydrogens is 316 g/mol. The van der Waals surface area contributed by atoms with Crippen LogP contribution < -0.4 is 5.32 Å². The minimum atomic E-state index is -4.60. The van der Waals surface area contributed by atoms with Gasteiger partial charge in [-0.25, -0.2) is 0 Å². The predicted molar refractivity (Wildman–Crippen MR) is 53.7 cm³/mol. The zero-order valence-electron chi connectivity index (χ0n) is 8.08. The lowest BCUT2D eigenvalue weighted by atomic mass is 10.2. The lowest BCUT2D eigenvalue weighted by Crippen LogP contribution is -2.21. The Labute approximate surface area is 101 Å². The first kappa shape index (κ1) is 14.1. The highest BCUT2D eigenvalue weighted by atomic mass is 79.9. The van der Waals surface area contributed by atoms with Gasteiger partial charge in [0, 0.05) is 10.2 Å². The fourth-order valence-electron chi connectivity index (χ4n) is 1.06. The molecule has 0 bridgehead atoms. The molecule has 17 heavy (non-hydrogen) atoms. The Morgan fingerprint density at radius 3 is 2.06 bits per heavy atom. The molecule has 0 saturated heterocycles. The van der Waals surface area contributed by atoms with Crippen LogP contribution in [0.3, 0.4) is 0 Å². The largest absolute Gasteiger partial charge is 0.416 e. The van der Waals surface area contributed by atoms with Crippen LogP contribution in [0.25, 0.3) is 0 Å². The van der Waals surface area contributed by atoms with Crippen molar-refractivity contribution in [2.45, 2.75) is 12.4 Å². The minimum Gasteiger partial charge on any atom is -0.376 e. The zero-order valence-corrected chi connectivity index (χ0v) is 9.67. The summed E-state index contributed by atoms with van der Waals surface area (Å²) in [6.07, 6.45) is -9.08. The number of alkyl halides is 6. The lowest BCUT2D eigenvalue weighted by molar-refractivity contribution is -0.137. The Kier molecular flexibility index (Phi) is 3.95. The molecule has 1 N–H and O–H groups in total. The normalized spacial score (nSPS) is 12.6. The number of hydrogen-bond acceptors (Lipinski definition) is 1. The van der Waals surface area contributed by atoms with Crippen molar-refractivity contribution >= 4 is 21.6 Å². The second kappa shape index (κ2) is 4.75. The third-order valence-electron chi connectivity index (χ3n) is 1.72. The molecule has 0 radical (unpaired) electrons. The molecule has 0 saturated carbocycles. The third-order valence-corrected chi connectivity index (χ3v) is 2.18. The highest BCUT2D eigenvalue weighted by Gasteiger charge is 2.32. The second-order valence-corrected chi connectivity index (χ2v) is 4.11. The van der Waals surface area contributed by atoms with E-state index in [0.717, 1.165) is 12.1 Å². The van der Waals surface area contributed by atoms with Crippen molar-refractivity contribution in [3.63, 3.8) is 0 Å². The van der Waals surface area contributed by atoms with Crippen molar-refractivity contribution in [3.05, 3.63) is 28.2 Å². The second-order valence-electron chi connectivity index (χ2n) is 3.20. The topological polar surface area (TPSA) is 12.0 Å². The molecule has 0 heterocycles. The van der Waals surface area contributed by atoms with Gasteiger partial charge < -0.3 is 5.32 Å². The highest BCUT2D eigenvalue weighted by molar-refractivity contribution is 9.10. The van der Waals surface area contributed by atoms with E-state index in [0.29, 0.717) is 6.07 Å². The fourth-order valence-corrected chi connectivity index (χ4v) is 1.55. The first-order chi connectivity index (χ1) is 7.58.